The molecule has 0 spiro atoms. The van der Waals surface area contributed by atoms with Crippen LogP contribution in [0.3, 0.4) is 0 Å². The quantitative estimate of drug-likeness (QED) is 0.627. The summed E-state index contributed by atoms with van der Waals surface area (Å²) < 4.78 is 44.1. The molecule has 0 aliphatic heterocycles. The number of carbonyl (C=O) groups is 1. The lowest BCUT2D eigenvalue weighted by molar-refractivity contribution is 0.101. The molecule has 2 aromatic rings. The summed E-state index contributed by atoms with van der Waals surface area (Å²) in [7, 11) is 0. The molecule has 0 radical (unpaired) electrons. The third-order valence-electron chi connectivity index (χ3n) is 2.71. The predicted molar refractivity (Wildman–Crippen MR) is 67.1 cm³/mol. The third-order valence-corrected chi connectivity index (χ3v) is 2.71. The zero-order valence-electron chi connectivity index (χ0n) is 10.6. The van der Waals surface area contributed by atoms with Crippen molar-refractivity contribution in [3.63, 3.8) is 0 Å². The van der Waals surface area contributed by atoms with Crippen LogP contribution in [0.2, 0.25) is 0 Å². The average molecular weight is 280 g/mol. The summed E-state index contributed by atoms with van der Waals surface area (Å²) in [5, 5.41) is 0. The molecule has 0 atom stereocenters. The van der Waals surface area contributed by atoms with Gasteiger partial charge in [-0.3, -0.25) is 4.79 Å². The van der Waals surface area contributed by atoms with E-state index in [1.54, 1.807) is 24.3 Å². The van der Waals surface area contributed by atoms with Gasteiger partial charge in [-0.05, 0) is 48.9 Å². The molecule has 0 aliphatic carbocycles. The molecule has 0 bridgehead atoms. The van der Waals surface area contributed by atoms with Gasteiger partial charge in [-0.15, -0.1) is 0 Å². The first-order chi connectivity index (χ1) is 9.47. The van der Waals surface area contributed by atoms with E-state index in [2.05, 4.69) is 0 Å². The zero-order valence-corrected chi connectivity index (χ0v) is 10.6. The summed E-state index contributed by atoms with van der Waals surface area (Å²) in [6, 6.07) is 8.08. The molecule has 0 amide bonds. The number of hydrogen-bond acceptors (Lipinski definition) is 2. The lowest BCUT2D eigenvalue weighted by atomic mass is 10.1. The molecule has 0 saturated carbocycles. The van der Waals surface area contributed by atoms with Crippen LogP contribution in [0.15, 0.2) is 36.4 Å². The Morgan fingerprint density at radius 2 is 1.60 bits per heavy atom. The minimum absolute atomic E-state index is 0.0702. The van der Waals surface area contributed by atoms with Crippen molar-refractivity contribution in [3.8, 4) is 5.75 Å². The highest BCUT2D eigenvalue weighted by atomic mass is 19.2. The fourth-order valence-electron chi connectivity index (χ4n) is 1.64. The lowest BCUT2D eigenvalue weighted by Gasteiger charge is -2.07. The SMILES string of the molecule is CC(=O)c1ccc(OCc2cc(F)c(F)c(F)c2)cc1. The molecule has 0 aromatic heterocycles. The van der Waals surface area contributed by atoms with E-state index in [1.807, 2.05) is 0 Å². The summed E-state index contributed by atoms with van der Waals surface area (Å²) in [6.07, 6.45) is 0. The van der Waals surface area contributed by atoms with Crippen LogP contribution in [-0.2, 0) is 6.61 Å². The molecule has 0 saturated heterocycles. The summed E-state index contributed by atoms with van der Waals surface area (Å²) >= 11 is 0. The molecule has 0 N–H and O–H groups in total. The van der Waals surface area contributed by atoms with Crippen LogP contribution in [0.4, 0.5) is 13.2 Å². The summed E-state index contributed by atoms with van der Waals surface area (Å²) in [4.78, 5) is 11.1. The van der Waals surface area contributed by atoms with E-state index < -0.39 is 17.5 Å². The molecule has 104 valence electrons. The molecule has 20 heavy (non-hydrogen) atoms. The van der Waals surface area contributed by atoms with E-state index in [0.29, 0.717) is 11.3 Å². The number of halogens is 3. The van der Waals surface area contributed by atoms with Gasteiger partial charge in [0, 0.05) is 5.56 Å². The average Bonchev–Trinajstić information content (AvgIpc) is 2.42. The van der Waals surface area contributed by atoms with Crippen molar-refractivity contribution in [1.29, 1.82) is 0 Å². The number of hydrogen-bond donors (Lipinski definition) is 0. The van der Waals surface area contributed by atoms with Crippen LogP contribution in [0, 0.1) is 17.5 Å². The largest absolute Gasteiger partial charge is 0.489 e. The second kappa shape index (κ2) is 5.77. The predicted octanol–water partition coefficient (Wildman–Crippen LogP) is 3.89. The Morgan fingerprint density at radius 3 is 2.10 bits per heavy atom. The first-order valence-electron chi connectivity index (χ1n) is 5.84. The maximum atomic E-state index is 13.0. The topological polar surface area (TPSA) is 26.3 Å². The Bertz CT molecular complexity index is 613. The molecular weight excluding hydrogens is 269 g/mol. The van der Waals surface area contributed by atoms with Crippen LogP contribution in [0.1, 0.15) is 22.8 Å². The first-order valence-corrected chi connectivity index (χ1v) is 5.84. The molecular formula is C15H11F3O2. The minimum Gasteiger partial charge on any atom is -0.489 e. The minimum atomic E-state index is -1.50. The molecule has 2 aromatic carbocycles. The number of rotatable bonds is 4. The summed E-state index contributed by atoms with van der Waals surface area (Å²) in [6.45, 7) is 1.34. The number of ether oxygens (including phenoxy) is 1. The fraction of sp³-hybridized carbons (Fsp3) is 0.133. The van der Waals surface area contributed by atoms with Crippen molar-refractivity contribution in [2.75, 3.05) is 0 Å². The lowest BCUT2D eigenvalue weighted by Crippen LogP contribution is -2.00. The molecule has 0 heterocycles. The van der Waals surface area contributed by atoms with E-state index in [0.717, 1.165) is 12.1 Å². The van der Waals surface area contributed by atoms with E-state index in [4.69, 9.17) is 4.74 Å². The van der Waals surface area contributed by atoms with Crippen molar-refractivity contribution in [2.45, 2.75) is 13.5 Å². The van der Waals surface area contributed by atoms with Crippen molar-refractivity contribution in [3.05, 3.63) is 65.0 Å². The summed E-state index contributed by atoms with van der Waals surface area (Å²) in [5.74, 6) is -3.63. The number of Topliss-reactive ketones (excluding diaryl/α,β-unsaturated/α-hetero) is 1. The van der Waals surface area contributed by atoms with Crippen molar-refractivity contribution in [1.82, 2.24) is 0 Å². The van der Waals surface area contributed by atoms with Crippen LogP contribution in [0.25, 0.3) is 0 Å². The van der Waals surface area contributed by atoms with Crippen LogP contribution < -0.4 is 4.74 Å². The highest BCUT2D eigenvalue weighted by Gasteiger charge is 2.10. The maximum Gasteiger partial charge on any atom is 0.194 e. The van der Waals surface area contributed by atoms with Crippen LogP contribution in [-0.4, -0.2) is 5.78 Å². The number of carbonyl (C=O) groups excluding carboxylic acids is 1. The Kier molecular flexibility index (Phi) is 4.08. The second-order valence-corrected chi connectivity index (χ2v) is 4.24. The first kappa shape index (κ1) is 14.1. The Morgan fingerprint density at radius 1 is 1.05 bits per heavy atom. The van der Waals surface area contributed by atoms with Gasteiger partial charge in [-0.1, -0.05) is 0 Å². The maximum absolute atomic E-state index is 13.0. The molecule has 0 aliphatic rings. The van der Waals surface area contributed by atoms with E-state index in [-0.39, 0.29) is 18.0 Å². The molecule has 2 rings (SSSR count). The fourth-order valence-corrected chi connectivity index (χ4v) is 1.64. The van der Waals surface area contributed by atoms with Gasteiger partial charge in [0.05, 0.1) is 0 Å². The monoisotopic (exact) mass is 280 g/mol. The van der Waals surface area contributed by atoms with Gasteiger partial charge in [-0.2, -0.15) is 0 Å². The van der Waals surface area contributed by atoms with Gasteiger partial charge >= 0.3 is 0 Å². The molecule has 5 heteroatoms. The highest BCUT2D eigenvalue weighted by molar-refractivity contribution is 5.94. The standard InChI is InChI=1S/C15H11F3O2/c1-9(19)11-2-4-12(5-3-11)20-8-10-6-13(16)15(18)14(17)7-10/h2-7H,8H2,1H3. The van der Waals surface area contributed by atoms with Crippen molar-refractivity contribution < 1.29 is 22.7 Å². The Balaban J connectivity index is 2.07. The van der Waals surface area contributed by atoms with Crippen LogP contribution in [0.5, 0.6) is 5.75 Å². The molecule has 0 fully saturated rings. The van der Waals surface area contributed by atoms with Crippen LogP contribution >= 0.6 is 0 Å². The van der Waals surface area contributed by atoms with Gasteiger partial charge in [0.1, 0.15) is 12.4 Å². The van der Waals surface area contributed by atoms with Gasteiger partial charge in [-0.25, -0.2) is 13.2 Å². The molecule has 2 nitrogen and oxygen atoms in total. The third kappa shape index (κ3) is 3.17. The van der Waals surface area contributed by atoms with E-state index in [1.165, 1.54) is 6.92 Å². The smallest absolute Gasteiger partial charge is 0.194 e. The number of ketones is 1. The number of benzene rings is 2. The van der Waals surface area contributed by atoms with Gasteiger partial charge in [0.15, 0.2) is 23.2 Å². The Hall–Kier alpha value is -2.30. The van der Waals surface area contributed by atoms with Crippen molar-refractivity contribution in [2.24, 2.45) is 0 Å². The van der Waals surface area contributed by atoms with E-state index >= 15 is 0 Å². The highest BCUT2D eigenvalue weighted by Crippen LogP contribution is 2.17. The van der Waals surface area contributed by atoms with E-state index in [9.17, 15) is 18.0 Å². The zero-order chi connectivity index (χ0) is 14.7. The van der Waals surface area contributed by atoms with Gasteiger partial charge in [0.2, 0.25) is 0 Å². The van der Waals surface area contributed by atoms with Gasteiger partial charge in [0.25, 0.3) is 0 Å². The Labute approximate surface area is 113 Å². The normalized spacial score (nSPS) is 10.4. The second-order valence-electron chi connectivity index (χ2n) is 4.24. The van der Waals surface area contributed by atoms with Crippen molar-refractivity contribution >= 4 is 5.78 Å². The van der Waals surface area contributed by atoms with Gasteiger partial charge < -0.3 is 4.74 Å². The molecule has 0 unspecified atom stereocenters. The summed E-state index contributed by atoms with van der Waals surface area (Å²) in [5.41, 5.74) is 0.716.